The molecule has 3 nitrogen and oxygen atoms in total. The van der Waals surface area contributed by atoms with Gasteiger partial charge in [0.1, 0.15) is 0 Å². The molecule has 3 saturated carbocycles. The van der Waals surface area contributed by atoms with Crippen molar-refractivity contribution in [3.05, 3.63) is 0 Å². The average Bonchev–Trinajstić information content (AvgIpc) is 2.92. The first-order chi connectivity index (χ1) is 8.52. The van der Waals surface area contributed by atoms with Gasteiger partial charge in [0, 0.05) is 5.94 Å². The molecule has 100 valence electrons. The lowest BCUT2D eigenvalue weighted by Gasteiger charge is -2.64. The quantitative estimate of drug-likeness (QED) is 0.721. The van der Waals surface area contributed by atoms with Crippen molar-refractivity contribution >= 4 is 7.12 Å². The molecule has 0 aromatic rings. The number of rotatable bonds is 1. The standard InChI is InChI=1S/C14H24BNO2/c1-13(2)9-7-10(13)14(3)11(8-9)17-15(18-14)12-5-4-6-16-12/h9-12,16H,4-8H2,1-3H3/t9-,10-,11-,12+,14+/m1/s1. The van der Waals surface area contributed by atoms with Crippen molar-refractivity contribution in [3.8, 4) is 0 Å². The van der Waals surface area contributed by atoms with Gasteiger partial charge in [-0.15, -0.1) is 0 Å². The number of hydrogen-bond acceptors (Lipinski definition) is 3. The van der Waals surface area contributed by atoms with Gasteiger partial charge in [-0.2, -0.15) is 0 Å². The van der Waals surface area contributed by atoms with E-state index in [1.54, 1.807) is 0 Å². The van der Waals surface area contributed by atoms with Gasteiger partial charge in [0.2, 0.25) is 0 Å². The van der Waals surface area contributed by atoms with Gasteiger partial charge in [-0.3, -0.25) is 0 Å². The first-order valence-electron chi connectivity index (χ1n) is 7.58. The van der Waals surface area contributed by atoms with Crippen molar-refractivity contribution < 1.29 is 9.31 Å². The minimum atomic E-state index is -0.0345. The van der Waals surface area contributed by atoms with Crippen LogP contribution in [0, 0.1) is 17.3 Å². The van der Waals surface area contributed by atoms with E-state index in [1.165, 1.54) is 25.7 Å². The van der Waals surface area contributed by atoms with E-state index in [9.17, 15) is 0 Å². The molecule has 0 amide bonds. The average molecular weight is 249 g/mol. The molecule has 4 heteroatoms. The van der Waals surface area contributed by atoms with Crippen LogP contribution in [0.15, 0.2) is 0 Å². The van der Waals surface area contributed by atoms with Crippen LogP contribution in [-0.2, 0) is 9.31 Å². The Labute approximate surface area is 110 Å². The van der Waals surface area contributed by atoms with Gasteiger partial charge >= 0.3 is 7.12 Å². The van der Waals surface area contributed by atoms with Crippen LogP contribution in [0.3, 0.4) is 0 Å². The lowest BCUT2D eigenvalue weighted by atomic mass is 9.43. The van der Waals surface area contributed by atoms with Gasteiger partial charge in [-0.05, 0) is 56.4 Å². The van der Waals surface area contributed by atoms with Crippen LogP contribution in [-0.4, -0.2) is 31.3 Å². The number of nitrogens with one attached hydrogen (secondary N) is 1. The SMILES string of the molecule is CC1(C)[C@@H]2C[C@H]1[C@]1(C)OB([C@@H]3CCCN3)O[C@@H]1C2. The van der Waals surface area contributed by atoms with Crippen LogP contribution >= 0.6 is 0 Å². The first kappa shape index (κ1) is 11.7. The fraction of sp³-hybridized carbons (Fsp3) is 1.00. The van der Waals surface area contributed by atoms with Crippen molar-refractivity contribution in [1.29, 1.82) is 0 Å². The first-order valence-corrected chi connectivity index (χ1v) is 7.58. The molecule has 2 aliphatic heterocycles. The predicted molar refractivity (Wildman–Crippen MR) is 71.1 cm³/mol. The van der Waals surface area contributed by atoms with Gasteiger partial charge in [0.25, 0.3) is 0 Å². The molecular weight excluding hydrogens is 225 g/mol. The van der Waals surface area contributed by atoms with Crippen LogP contribution in [0.25, 0.3) is 0 Å². The van der Waals surface area contributed by atoms with Gasteiger partial charge in [-0.1, -0.05) is 13.8 Å². The highest BCUT2D eigenvalue weighted by Gasteiger charge is 2.68. The molecule has 0 spiro atoms. The molecule has 2 heterocycles. The van der Waals surface area contributed by atoms with Crippen molar-refractivity contribution in [2.45, 2.75) is 64.1 Å². The fourth-order valence-corrected chi connectivity index (χ4v) is 5.01. The van der Waals surface area contributed by atoms with Crippen LogP contribution < -0.4 is 5.32 Å². The topological polar surface area (TPSA) is 30.5 Å². The van der Waals surface area contributed by atoms with E-state index < -0.39 is 0 Å². The Hall–Kier alpha value is -0.0551. The Balaban J connectivity index is 1.57. The molecule has 3 aliphatic carbocycles. The third-order valence-electron chi connectivity index (χ3n) is 6.40. The molecule has 5 aliphatic rings. The molecule has 18 heavy (non-hydrogen) atoms. The molecule has 1 N–H and O–H groups in total. The fourth-order valence-electron chi connectivity index (χ4n) is 5.01. The summed E-state index contributed by atoms with van der Waals surface area (Å²) in [5, 5.41) is 3.52. The van der Waals surface area contributed by atoms with Crippen molar-refractivity contribution in [2.75, 3.05) is 6.54 Å². The Morgan fingerprint density at radius 3 is 2.72 bits per heavy atom. The van der Waals surface area contributed by atoms with Crippen LogP contribution in [0.1, 0.15) is 46.5 Å². The van der Waals surface area contributed by atoms with E-state index in [0.29, 0.717) is 23.4 Å². The van der Waals surface area contributed by atoms with Crippen LogP contribution in [0.4, 0.5) is 0 Å². The largest absolute Gasteiger partial charge is 0.475 e. The third kappa shape index (κ3) is 1.32. The normalized spacial score (nSPS) is 53.2. The van der Waals surface area contributed by atoms with Crippen molar-refractivity contribution in [1.82, 2.24) is 5.32 Å². The van der Waals surface area contributed by atoms with E-state index >= 15 is 0 Å². The molecule has 5 atom stereocenters. The minimum Gasteiger partial charge on any atom is -0.404 e. The molecular formula is C14H24BNO2. The smallest absolute Gasteiger partial charge is 0.404 e. The Morgan fingerprint density at radius 1 is 1.22 bits per heavy atom. The summed E-state index contributed by atoms with van der Waals surface area (Å²) in [6.07, 6.45) is 5.33. The summed E-state index contributed by atoms with van der Waals surface area (Å²) < 4.78 is 12.7. The summed E-state index contributed by atoms with van der Waals surface area (Å²) in [5.74, 6) is 1.95. The molecule has 2 bridgehead atoms. The molecule has 0 aromatic carbocycles. The highest BCUT2D eigenvalue weighted by molar-refractivity contribution is 6.47. The van der Waals surface area contributed by atoms with Gasteiger partial charge < -0.3 is 14.6 Å². The van der Waals surface area contributed by atoms with Gasteiger partial charge in [0.15, 0.2) is 0 Å². The van der Waals surface area contributed by atoms with Crippen LogP contribution in [0.5, 0.6) is 0 Å². The van der Waals surface area contributed by atoms with E-state index in [1.807, 2.05) is 0 Å². The monoisotopic (exact) mass is 249 g/mol. The predicted octanol–water partition coefficient (Wildman–Crippen LogP) is 2.01. The summed E-state index contributed by atoms with van der Waals surface area (Å²) in [5.41, 5.74) is 0.416. The molecule has 5 rings (SSSR count). The summed E-state index contributed by atoms with van der Waals surface area (Å²) in [6.45, 7) is 8.25. The molecule has 0 aromatic heterocycles. The van der Waals surface area contributed by atoms with E-state index in [4.69, 9.17) is 9.31 Å². The maximum atomic E-state index is 6.44. The maximum Gasteiger partial charge on any atom is 0.475 e. The summed E-state index contributed by atoms with van der Waals surface area (Å²) >= 11 is 0. The Kier molecular flexibility index (Phi) is 2.30. The van der Waals surface area contributed by atoms with Gasteiger partial charge in [0.05, 0.1) is 11.7 Å². The zero-order valence-electron chi connectivity index (χ0n) is 11.7. The van der Waals surface area contributed by atoms with Crippen LogP contribution in [0.2, 0.25) is 0 Å². The van der Waals surface area contributed by atoms with E-state index in [0.717, 1.165) is 12.5 Å². The second-order valence-corrected chi connectivity index (χ2v) is 7.54. The minimum absolute atomic E-state index is 0.00218. The molecule has 0 radical (unpaired) electrons. The maximum absolute atomic E-state index is 6.44. The van der Waals surface area contributed by atoms with Crippen molar-refractivity contribution in [2.24, 2.45) is 17.3 Å². The lowest BCUT2D eigenvalue weighted by Crippen LogP contribution is -2.65. The van der Waals surface area contributed by atoms with E-state index in [2.05, 4.69) is 26.1 Å². The Bertz CT molecular complexity index is 369. The van der Waals surface area contributed by atoms with Gasteiger partial charge in [-0.25, -0.2) is 0 Å². The summed E-state index contributed by atoms with van der Waals surface area (Å²) in [6, 6.07) is 0. The zero-order valence-corrected chi connectivity index (χ0v) is 11.7. The van der Waals surface area contributed by atoms with E-state index in [-0.39, 0.29) is 12.7 Å². The lowest BCUT2D eigenvalue weighted by molar-refractivity contribution is -0.199. The zero-order chi connectivity index (χ0) is 12.5. The summed E-state index contributed by atoms with van der Waals surface area (Å²) in [4.78, 5) is 0. The molecule has 5 fully saturated rings. The van der Waals surface area contributed by atoms with Crippen molar-refractivity contribution in [3.63, 3.8) is 0 Å². The molecule has 0 unspecified atom stereocenters. The molecule has 2 saturated heterocycles. The second-order valence-electron chi connectivity index (χ2n) is 7.54. The second kappa shape index (κ2) is 3.53. The Morgan fingerprint density at radius 2 is 2.06 bits per heavy atom. The third-order valence-corrected chi connectivity index (χ3v) is 6.40. The number of hydrogen-bond donors (Lipinski definition) is 1. The summed E-state index contributed by atoms with van der Waals surface area (Å²) in [7, 11) is -0.00218. The highest BCUT2D eigenvalue weighted by atomic mass is 16.7. The highest BCUT2D eigenvalue weighted by Crippen LogP contribution is 2.65.